The Balaban J connectivity index is 1.52. The summed E-state index contributed by atoms with van der Waals surface area (Å²) in [4.78, 5) is 0. The Morgan fingerprint density at radius 2 is 2.35 bits per heavy atom. The van der Waals surface area contributed by atoms with Crippen molar-refractivity contribution in [3.8, 4) is 0 Å². The average Bonchev–Trinajstić information content (AvgIpc) is 3.09. The van der Waals surface area contributed by atoms with Crippen LogP contribution in [0.2, 0.25) is 0 Å². The molecule has 2 aromatic heterocycles. The first-order valence-electron chi connectivity index (χ1n) is 7.26. The lowest BCUT2D eigenvalue weighted by atomic mass is 9.92. The topological polar surface area (TPSA) is 55.9 Å². The van der Waals surface area contributed by atoms with Crippen molar-refractivity contribution < 1.29 is 4.42 Å². The van der Waals surface area contributed by atoms with Gasteiger partial charge in [0, 0.05) is 6.54 Å². The summed E-state index contributed by atoms with van der Waals surface area (Å²) in [6.45, 7) is 6.10. The molecule has 0 aromatic carbocycles. The zero-order valence-electron chi connectivity index (χ0n) is 12.2. The third-order valence-corrected chi connectivity index (χ3v) is 4.06. The molecule has 3 rings (SSSR count). The number of furan rings is 1. The minimum Gasteiger partial charge on any atom is -0.468 e. The van der Waals surface area contributed by atoms with E-state index in [0.29, 0.717) is 11.5 Å². The second-order valence-electron chi connectivity index (χ2n) is 6.43. The summed E-state index contributed by atoms with van der Waals surface area (Å²) >= 11 is 0. The summed E-state index contributed by atoms with van der Waals surface area (Å²) in [6.07, 6.45) is 7.42. The van der Waals surface area contributed by atoms with Crippen molar-refractivity contribution in [3.05, 3.63) is 36.0 Å². The number of aromatic nitrogens is 3. The molecule has 1 N–H and O–H groups in total. The first-order chi connectivity index (χ1) is 9.62. The molecule has 2 heterocycles. The van der Waals surface area contributed by atoms with Crippen LogP contribution in [0.15, 0.2) is 29.0 Å². The maximum Gasteiger partial charge on any atom is 0.117 e. The van der Waals surface area contributed by atoms with Gasteiger partial charge in [-0.05, 0) is 36.8 Å². The number of nitrogens with zero attached hydrogens (tertiary/aromatic N) is 3. The van der Waals surface area contributed by atoms with E-state index in [1.807, 2.05) is 16.8 Å². The van der Waals surface area contributed by atoms with E-state index in [1.165, 1.54) is 19.3 Å². The fourth-order valence-electron chi connectivity index (χ4n) is 2.92. The maximum absolute atomic E-state index is 5.28. The summed E-state index contributed by atoms with van der Waals surface area (Å²) in [7, 11) is 0. The molecule has 0 radical (unpaired) electrons. The predicted molar refractivity (Wildman–Crippen MR) is 75.9 cm³/mol. The van der Waals surface area contributed by atoms with Gasteiger partial charge in [0.2, 0.25) is 0 Å². The van der Waals surface area contributed by atoms with Crippen LogP contribution < -0.4 is 5.32 Å². The number of hydrogen-bond acceptors (Lipinski definition) is 4. The smallest absolute Gasteiger partial charge is 0.117 e. The van der Waals surface area contributed by atoms with Crippen molar-refractivity contribution in [3.63, 3.8) is 0 Å². The minimum absolute atomic E-state index is 0.439. The van der Waals surface area contributed by atoms with Crippen LogP contribution >= 0.6 is 0 Å². The van der Waals surface area contributed by atoms with Crippen LogP contribution in [0.4, 0.5) is 0 Å². The van der Waals surface area contributed by atoms with E-state index in [4.69, 9.17) is 4.42 Å². The highest BCUT2D eigenvalue weighted by atomic mass is 16.3. The second kappa shape index (κ2) is 5.40. The quantitative estimate of drug-likeness (QED) is 0.910. The molecule has 0 bridgehead atoms. The van der Waals surface area contributed by atoms with E-state index in [0.717, 1.165) is 24.5 Å². The number of nitrogens with one attached hydrogen (secondary N) is 1. The van der Waals surface area contributed by atoms with Gasteiger partial charge in [-0.2, -0.15) is 0 Å². The lowest BCUT2D eigenvalue weighted by Gasteiger charge is -2.16. The predicted octanol–water partition coefficient (Wildman–Crippen LogP) is 2.91. The third kappa shape index (κ3) is 3.10. The van der Waals surface area contributed by atoms with Gasteiger partial charge in [0.25, 0.3) is 0 Å². The average molecular weight is 274 g/mol. The molecular formula is C15H22N4O. The summed E-state index contributed by atoms with van der Waals surface area (Å²) < 4.78 is 7.32. The molecule has 1 saturated carbocycles. The highest BCUT2D eigenvalue weighted by Crippen LogP contribution is 2.42. The van der Waals surface area contributed by atoms with E-state index < -0.39 is 0 Å². The Kier molecular flexibility index (Phi) is 3.61. The molecule has 1 atom stereocenters. The van der Waals surface area contributed by atoms with Gasteiger partial charge in [-0.3, -0.25) is 0 Å². The van der Waals surface area contributed by atoms with Gasteiger partial charge in [0.05, 0.1) is 30.7 Å². The summed E-state index contributed by atoms with van der Waals surface area (Å²) in [5.74, 6) is 0.940. The van der Waals surface area contributed by atoms with Crippen LogP contribution in [0.1, 0.15) is 50.6 Å². The van der Waals surface area contributed by atoms with Gasteiger partial charge in [-0.15, -0.1) is 5.10 Å². The van der Waals surface area contributed by atoms with Gasteiger partial charge < -0.3 is 9.73 Å². The zero-order valence-corrected chi connectivity index (χ0v) is 12.2. The van der Waals surface area contributed by atoms with Crippen LogP contribution in [0.5, 0.6) is 0 Å². The van der Waals surface area contributed by atoms with Crippen molar-refractivity contribution >= 4 is 0 Å². The number of rotatable bonds is 5. The minimum atomic E-state index is 0.439. The fraction of sp³-hybridized carbons (Fsp3) is 0.600. The first kappa shape index (κ1) is 13.4. The normalized spacial score (nSPS) is 21.4. The van der Waals surface area contributed by atoms with Crippen LogP contribution in [0, 0.1) is 5.41 Å². The maximum atomic E-state index is 5.28. The van der Waals surface area contributed by atoms with Crippen LogP contribution in [0.25, 0.3) is 0 Å². The Bertz CT molecular complexity index is 544. The molecule has 108 valence electrons. The molecule has 0 saturated heterocycles. The Labute approximate surface area is 119 Å². The molecule has 5 nitrogen and oxygen atoms in total. The van der Waals surface area contributed by atoms with Crippen molar-refractivity contribution in [2.75, 3.05) is 0 Å². The largest absolute Gasteiger partial charge is 0.468 e. The van der Waals surface area contributed by atoms with Crippen LogP contribution in [-0.2, 0) is 13.1 Å². The summed E-state index contributed by atoms with van der Waals surface area (Å²) in [6, 6.07) is 4.37. The third-order valence-electron chi connectivity index (χ3n) is 4.06. The molecule has 1 unspecified atom stereocenters. The Hall–Kier alpha value is -1.62. The van der Waals surface area contributed by atoms with E-state index >= 15 is 0 Å². The van der Waals surface area contributed by atoms with E-state index in [2.05, 4.69) is 35.7 Å². The number of hydrogen-bond donors (Lipinski definition) is 1. The first-order valence-corrected chi connectivity index (χ1v) is 7.26. The lowest BCUT2D eigenvalue weighted by Crippen LogP contribution is -2.12. The monoisotopic (exact) mass is 274 g/mol. The van der Waals surface area contributed by atoms with Crippen molar-refractivity contribution in [1.82, 2.24) is 20.3 Å². The van der Waals surface area contributed by atoms with Crippen LogP contribution in [-0.4, -0.2) is 15.0 Å². The molecule has 0 spiro atoms. The van der Waals surface area contributed by atoms with Crippen molar-refractivity contribution in [2.45, 2.75) is 52.2 Å². The molecule has 20 heavy (non-hydrogen) atoms. The zero-order chi connectivity index (χ0) is 14.0. The van der Waals surface area contributed by atoms with Gasteiger partial charge in [-0.25, -0.2) is 4.68 Å². The van der Waals surface area contributed by atoms with Crippen LogP contribution in [0.3, 0.4) is 0 Å². The van der Waals surface area contributed by atoms with Gasteiger partial charge in [0.1, 0.15) is 5.76 Å². The van der Waals surface area contributed by atoms with E-state index in [1.54, 1.807) is 6.26 Å². The fourth-order valence-corrected chi connectivity index (χ4v) is 2.92. The van der Waals surface area contributed by atoms with E-state index in [9.17, 15) is 0 Å². The molecule has 1 aliphatic carbocycles. The highest BCUT2D eigenvalue weighted by molar-refractivity contribution is 4.99. The van der Waals surface area contributed by atoms with Gasteiger partial charge >= 0.3 is 0 Å². The Morgan fingerprint density at radius 1 is 1.45 bits per heavy atom. The molecule has 2 aromatic rings. The molecule has 5 heteroatoms. The highest BCUT2D eigenvalue weighted by Gasteiger charge is 2.32. The lowest BCUT2D eigenvalue weighted by molar-refractivity contribution is 0.347. The van der Waals surface area contributed by atoms with Crippen molar-refractivity contribution in [1.29, 1.82) is 0 Å². The molecule has 0 aliphatic heterocycles. The van der Waals surface area contributed by atoms with Crippen molar-refractivity contribution in [2.24, 2.45) is 5.41 Å². The molecule has 1 aliphatic rings. The molecular weight excluding hydrogens is 252 g/mol. The Morgan fingerprint density at radius 3 is 3.05 bits per heavy atom. The van der Waals surface area contributed by atoms with E-state index in [-0.39, 0.29) is 0 Å². The van der Waals surface area contributed by atoms with Gasteiger partial charge in [0.15, 0.2) is 0 Å². The van der Waals surface area contributed by atoms with Gasteiger partial charge in [-0.1, -0.05) is 19.1 Å². The summed E-state index contributed by atoms with van der Waals surface area (Å²) in [5.41, 5.74) is 1.43. The molecule has 0 amide bonds. The molecule has 1 fully saturated rings. The summed E-state index contributed by atoms with van der Waals surface area (Å²) in [5, 5.41) is 11.8. The second-order valence-corrected chi connectivity index (χ2v) is 6.43. The SMILES string of the molecule is CC1(C)CCC(n2cc(CNCc3ccco3)nn2)C1. The standard InChI is InChI=1S/C15H22N4O/c1-15(2)6-5-13(8-15)19-11-12(17-18-19)9-16-10-14-4-3-7-20-14/h3-4,7,11,13,16H,5-6,8-10H2,1-2H3.